The lowest BCUT2D eigenvalue weighted by molar-refractivity contribution is -0.144. The van der Waals surface area contributed by atoms with Gasteiger partial charge in [-0.1, -0.05) is 6.07 Å². The van der Waals surface area contributed by atoms with Gasteiger partial charge in [-0.2, -0.15) is 0 Å². The first-order chi connectivity index (χ1) is 10.0. The number of hydrogen-bond donors (Lipinski definition) is 1. The minimum absolute atomic E-state index is 0.369. The van der Waals surface area contributed by atoms with Crippen molar-refractivity contribution in [3.05, 3.63) is 41.3 Å². The molecule has 1 aromatic carbocycles. The zero-order valence-electron chi connectivity index (χ0n) is 11.7. The van der Waals surface area contributed by atoms with Crippen molar-refractivity contribution < 1.29 is 19.4 Å². The van der Waals surface area contributed by atoms with Crippen molar-refractivity contribution in [3.63, 3.8) is 0 Å². The Bertz CT molecular complexity index is 715. The number of carboxylic acids is 1. The van der Waals surface area contributed by atoms with Gasteiger partial charge >= 0.3 is 5.97 Å². The van der Waals surface area contributed by atoms with Crippen LogP contribution in [0, 0.1) is 13.8 Å². The minimum Gasteiger partial charge on any atom is -0.478 e. The predicted octanol–water partition coefficient (Wildman–Crippen LogP) is 2.27. The molecular formula is C15H14N2O4. The van der Waals surface area contributed by atoms with Crippen molar-refractivity contribution in [3.8, 4) is 17.4 Å². The van der Waals surface area contributed by atoms with Gasteiger partial charge < -0.3 is 14.6 Å². The smallest absolute Gasteiger partial charge is 0.345 e. The fraction of sp³-hybridized carbons (Fsp3) is 0.267. The molecule has 0 saturated carbocycles. The highest BCUT2D eigenvalue weighted by Gasteiger charge is 2.29. The number of aromatic nitrogens is 2. The lowest BCUT2D eigenvalue weighted by Crippen LogP contribution is -2.24. The molecule has 0 radical (unpaired) electrons. The second kappa shape index (κ2) is 5.05. The lowest BCUT2D eigenvalue weighted by Gasteiger charge is -2.09. The third-order valence-electron chi connectivity index (χ3n) is 3.24. The highest BCUT2D eigenvalue weighted by atomic mass is 16.5. The summed E-state index contributed by atoms with van der Waals surface area (Å²) in [6.45, 7) is 3.65. The van der Waals surface area contributed by atoms with Crippen LogP contribution in [0.2, 0.25) is 0 Å². The SMILES string of the molecule is Cc1cnc(C)c(Oc2ccc3c(c2)OC(C(=O)O)C3)n1. The summed E-state index contributed by atoms with van der Waals surface area (Å²) in [4.78, 5) is 19.4. The van der Waals surface area contributed by atoms with Gasteiger partial charge in [-0.05, 0) is 25.5 Å². The number of carbonyl (C=O) groups is 1. The van der Waals surface area contributed by atoms with Gasteiger partial charge in [0.1, 0.15) is 11.5 Å². The quantitative estimate of drug-likeness (QED) is 0.932. The number of fused-ring (bicyclic) bond motifs is 1. The Kier molecular flexibility index (Phi) is 3.21. The number of aliphatic carboxylic acids is 1. The van der Waals surface area contributed by atoms with Crippen LogP contribution in [0.1, 0.15) is 17.0 Å². The van der Waals surface area contributed by atoms with Gasteiger partial charge in [0.25, 0.3) is 0 Å². The van der Waals surface area contributed by atoms with E-state index in [1.165, 1.54) is 0 Å². The van der Waals surface area contributed by atoms with E-state index >= 15 is 0 Å². The predicted molar refractivity (Wildman–Crippen MR) is 73.8 cm³/mol. The van der Waals surface area contributed by atoms with E-state index in [2.05, 4.69) is 9.97 Å². The van der Waals surface area contributed by atoms with Gasteiger partial charge in [0.05, 0.1) is 11.4 Å². The Balaban J connectivity index is 1.84. The van der Waals surface area contributed by atoms with Crippen LogP contribution in [-0.2, 0) is 11.2 Å². The number of nitrogens with zero attached hydrogens (tertiary/aromatic N) is 2. The molecule has 21 heavy (non-hydrogen) atoms. The number of benzene rings is 1. The second-order valence-corrected chi connectivity index (χ2v) is 4.92. The molecule has 0 amide bonds. The topological polar surface area (TPSA) is 81.5 Å². The fourth-order valence-corrected chi connectivity index (χ4v) is 2.13. The largest absolute Gasteiger partial charge is 0.478 e. The van der Waals surface area contributed by atoms with Crippen molar-refractivity contribution in [1.29, 1.82) is 0 Å². The molecule has 1 unspecified atom stereocenters. The Morgan fingerprint density at radius 2 is 2.24 bits per heavy atom. The van der Waals surface area contributed by atoms with Crippen LogP contribution in [0.25, 0.3) is 0 Å². The number of carboxylic acid groups (broad SMARTS) is 1. The Labute approximate surface area is 121 Å². The van der Waals surface area contributed by atoms with Crippen molar-refractivity contribution in [2.24, 2.45) is 0 Å². The van der Waals surface area contributed by atoms with Gasteiger partial charge in [-0.15, -0.1) is 0 Å². The summed E-state index contributed by atoms with van der Waals surface area (Å²) in [5.74, 6) is 0.553. The third-order valence-corrected chi connectivity index (χ3v) is 3.24. The molecule has 6 heteroatoms. The Hall–Kier alpha value is -2.63. The summed E-state index contributed by atoms with van der Waals surface area (Å²) in [7, 11) is 0. The second-order valence-electron chi connectivity index (χ2n) is 4.92. The zero-order valence-corrected chi connectivity index (χ0v) is 11.7. The summed E-state index contributed by atoms with van der Waals surface area (Å²) in [6.07, 6.45) is 1.22. The molecule has 1 aromatic heterocycles. The molecule has 6 nitrogen and oxygen atoms in total. The summed E-state index contributed by atoms with van der Waals surface area (Å²) in [5.41, 5.74) is 2.31. The van der Waals surface area contributed by atoms with E-state index < -0.39 is 12.1 Å². The van der Waals surface area contributed by atoms with Gasteiger partial charge in [0.2, 0.25) is 5.88 Å². The van der Waals surface area contributed by atoms with Crippen molar-refractivity contribution in [1.82, 2.24) is 9.97 Å². The van der Waals surface area contributed by atoms with E-state index in [9.17, 15) is 4.79 Å². The molecule has 0 fully saturated rings. The standard InChI is InChI=1S/C15H14N2O4/c1-8-7-16-9(2)14(17-8)20-11-4-3-10-5-13(15(18)19)21-12(10)6-11/h3-4,6-7,13H,5H2,1-2H3,(H,18,19). The number of ether oxygens (including phenoxy) is 2. The summed E-state index contributed by atoms with van der Waals surface area (Å²) in [5, 5.41) is 8.98. The number of rotatable bonds is 3. The highest BCUT2D eigenvalue weighted by Crippen LogP contribution is 2.34. The van der Waals surface area contributed by atoms with E-state index in [-0.39, 0.29) is 0 Å². The van der Waals surface area contributed by atoms with Crippen LogP contribution in [0.4, 0.5) is 0 Å². The Morgan fingerprint density at radius 1 is 1.43 bits per heavy atom. The van der Waals surface area contributed by atoms with Gasteiger partial charge in [-0.3, -0.25) is 4.98 Å². The van der Waals surface area contributed by atoms with Gasteiger partial charge in [0.15, 0.2) is 6.10 Å². The maximum atomic E-state index is 11.0. The first kappa shape index (κ1) is 13.4. The average Bonchev–Trinajstić information content (AvgIpc) is 2.86. The van der Waals surface area contributed by atoms with E-state index in [1.807, 2.05) is 19.9 Å². The Morgan fingerprint density at radius 3 is 3.00 bits per heavy atom. The van der Waals surface area contributed by atoms with Crippen LogP contribution in [0.3, 0.4) is 0 Å². The molecule has 2 heterocycles. The van der Waals surface area contributed by atoms with Crippen LogP contribution in [0.15, 0.2) is 24.4 Å². The molecule has 0 aliphatic carbocycles. The van der Waals surface area contributed by atoms with E-state index in [0.717, 1.165) is 11.3 Å². The third kappa shape index (κ3) is 2.65. The monoisotopic (exact) mass is 286 g/mol. The molecule has 1 aliphatic heterocycles. The van der Waals surface area contributed by atoms with Crippen LogP contribution in [0.5, 0.6) is 17.4 Å². The molecule has 1 N–H and O–H groups in total. The molecule has 3 rings (SSSR count). The molecule has 2 aromatic rings. The highest BCUT2D eigenvalue weighted by molar-refractivity contribution is 5.74. The number of aryl methyl sites for hydroxylation is 2. The molecule has 0 saturated heterocycles. The molecular weight excluding hydrogens is 272 g/mol. The van der Waals surface area contributed by atoms with Crippen molar-refractivity contribution >= 4 is 5.97 Å². The zero-order chi connectivity index (χ0) is 15.0. The summed E-state index contributed by atoms with van der Waals surface area (Å²) >= 11 is 0. The van der Waals surface area contributed by atoms with E-state index in [1.54, 1.807) is 18.3 Å². The van der Waals surface area contributed by atoms with Crippen molar-refractivity contribution in [2.45, 2.75) is 26.4 Å². The molecule has 1 aliphatic rings. The average molecular weight is 286 g/mol. The van der Waals surface area contributed by atoms with Gasteiger partial charge in [0, 0.05) is 18.7 Å². The molecule has 0 bridgehead atoms. The van der Waals surface area contributed by atoms with E-state index in [0.29, 0.717) is 29.5 Å². The molecule has 1 atom stereocenters. The lowest BCUT2D eigenvalue weighted by atomic mass is 10.1. The first-order valence-corrected chi connectivity index (χ1v) is 6.53. The molecule has 0 spiro atoms. The first-order valence-electron chi connectivity index (χ1n) is 6.53. The van der Waals surface area contributed by atoms with Crippen LogP contribution in [-0.4, -0.2) is 27.1 Å². The normalized spacial score (nSPS) is 16.2. The van der Waals surface area contributed by atoms with E-state index in [4.69, 9.17) is 14.6 Å². The molecule has 108 valence electrons. The van der Waals surface area contributed by atoms with Gasteiger partial charge in [-0.25, -0.2) is 9.78 Å². The maximum Gasteiger partial charge on any atom is 0.345 e. The minimum atomic E-state index is -0.964. The summed E-state index contributed by atoms with van der Waals surface area (Å²) < 4.78 is 11.1. The van der Waals surface area contributed by atoms with Crippen LogP contribution < -0.4 is 9.47 Å². The maximum absolute atomic E-state index is 11.0. The van der Waals surface area contributed by atoms with Crippen molar-refractivity contribution in [2.75, 3.05) is 0 Å². The fourth-order valence-electron chi connectivity index (χ4n) is 2.13. The summed E-state index contributed by atoms with van der Waals surface area (Å²) in [6, 6.07) is 5.27. The number of hydrogen-bond acceptors (Lipinski definition) is 5. The van der Waals surface area contributed by atoms with Crippen LogP contribution >= 0.6 is 0 Å².